The average Bonchev–Trinajstić information content (AvgIpc) is 2.22. The van der Waals surface area contributed by atoms with Gasteiger partial charge in [-0.05, 0) is 24.1 Å². The Morgan fingerprint density at radius 3 is 2.69 bits per heavy atom. The standard InChI is InChI=1S/C10H10FNO4/c1-6-3-9(12(14)15)8(11)4-7(6)5-10(13)16-2/h3-4H,5H2,1-2H3. The fourth-order valence-electron chi connectivity index (χ4n) is 1.27. The van der Waals surface area contributed by atoms with Crippen LogP contribution in [0.25, 0.3) is 0 Å². The van der Waals surface area contributed by atoms with Gasteiger partial charge in [-0.3, -0.25) is 14.9 Å². The van der Waals surface area contributed by atoms with E-state index in [0.29, 0.717) is 11.1 Å². The van der Waals surface area contributed by atoms with Gasteiger partial charge in [0.15, 0.2) is 0 Å². The van der Waals surface area contributed by atoms with Gasteiger partial charge in [-0.2, -0.15) is 4.39 Å². The highest BCUT2D eigenvalue weighted by molar-refractivity contribution is 5.73. The molecule has 1 aromatic carbocycles. The Hall–Kier alpha value is -1.98. The van der Waals surface area contributed by atoms with Crippen molar-refractivity contribution < 1.29 is 18.8 Å². The Morgan fingerprint density at radius 2 is 2.19 bits per heavy atom. The van der Waals surface area contributed by atoms with Crippen LogP contribution in [0.5, 0.6) is 0 Å². The van der Waals surface area contributed by atoms with Gasteiger partial charge in [0, 0.05) is 6.07 Å². The largest absolute Gasteiger partial charge is 0.469 e. The van der Waals surface area contributed by atoms with Gasteiger partial charge < -0.3 is 4.74 Å². The molecule has 0 saturated heterocycles. The van der Waals surface area contributed by atoms with Crippen LogP contribution < -0.4 is 0 Å². The summed E-state index contributed by atoms with van der Waals surface area (Å²) in [4.78, 5) is 20.6. The number of methoxy groups -OCH3 is 1. The fourth-order valence-corrected chi connectivity index (χ4v) is 1.27. The first kappa shape index (κ1) is 12.1. The van der Waals surface area contributed by atoms with Gasteiger partial charge >= 0.3 is 11.7 Å². The number of carbonyl (C=O) groups is 1. The molecule has 0 heterocycles. The number of halogens is 1. The van der Waals surface area contributed by atoms with Crippen molar-refractivity contribution in [1.29, 1.82) is 0 Å². The summed E-state index contributed by atoms with van der Waals surface area (Å²) in [5.74, 6) is -1.47. The number of hydrogen-bond donors (Lipinski definition) is 0. The quantitative estimate of drug-likeness (QED) is 0.448. The molecule has 0 amide bonds. The molecule has 0 fully saturated rings. The first-order valence-corrected chi connectivity index (χ1v) is 4.46. The fraction of sp³-hybridized carbons (Fsp3) is 0.300. The van der Waals surface area contributed by atoms with E-state index in [4.69, 9.17) is 0 Å². The van der Waals surface area contributed by atoms with Crippen molar-refractivity contribution in [2.75, 3.05) is 7.11 Å². The molecule has 0 bridgehead atoms. The SMILES string of the molecule is COC(=O)Cc1cc(F)c([N+](=O)[O-])cc1C. The second-order valence-corrected chi connectivity index (χ2v) is 3.24. The molecule has 6 heteroatoms. The lowest BCUT2D eigenvalue weighted by Crippen LogP contribution is -2.07. The number of nitro groups is 1. The van der Waals surface area contributed by atoms with E-state index in [2.05, 4.69) is 4.74 Å². The number of rotatable bonds is 3. The third-order valence-corrected chi connectivity index (χ3v) is 2.16. The van der Waals surface area contributed by atoms with Gasteiger partial charge in [-0.15, -0.1) is 0 Å². The lowest BCUT2D eigenvalue weighted by Gasteiger charge is -2.05. The van der Waals surface area contributed by atoms with E-state index in [1.54, 1.807) is 6.92 Å². The van der Waals surface area contributed by atoms with E-state index in [0.717, 1.165) is 12.1 Å². The van der Waals surface area contributed by atoms with E-state index in [1.165, 1.54) is 7.11 Å². The minimum atomic E-state index is -0.950. The van der Waals surface area contributed by atoms with Crippen molar-refractivity contribution in [3.63, 3.8) is 0 Å². The second-order valence-electron chi connectivity index (χ2n) is 3.24. The molecule has 86 valence electrons. The zero-order valence-corrected chi connectivity index (χ0v) is 8.82. The number of esters is 1. The van der Waals surface area contributed by atoms with Gasteiger partial charge in [-0.25, -0.2) is 0 Å². The van der Waals surface area contributed by atoms with Gasteiger partial charge in [-0.1, -0.05) is 0 Å². The van der Waals surface area contributed by atoms with Crippen molar-refractivity contribution in [2.24, 2.45) is 0 Å². The number of nitrogens with zero attached hydrogens (tertiary/aromatic N) is 1. The highest BCUT2D eigenvalue weighted by Gasteiger charge is 2.17. The van der Waals surface area contributed by atoms with Crippen molar-refractivity contribution >= 4 is 11.7 Å². The molecule has 1 aromatic rings. The molecule has 0 aliphatic heterocycles. The number of carbonyl (C=O) groups excluding carboxylic acids is 1. The van der Waals surface area contributed by atoms with Gasteiger partial charge in [0.25, 0.3) is 0 Å². The topological polar surface area (TPSA) is 69.4 Å². The molecule has 1 rings (SSSR count). The first-order chi connectivity index (χ1) is 7.45. The van der Waals surface area contributed by atoms with Crippen LogP contribution in [0.1, 0.15) is 11.1 Å². The minimum Gasteiger partial charge on any atom is -0.469 e. The number of aryl methyl sites for hydroxylation is 1. The second kappa shape index (κ2) is 4.69. The summed E-state index contributed by atoms with van der Waals surface area (Å²) in [7, 11) is 1.22. The van der Waals surface area contributed by atoms with Crippen LogP contribution >= 0.6 is 0 Å². The molecule has 0 aromatic heterocycles. The summed E-state index contributed by atoms with van der Waals surface area (Å²) in [5.41, 5.74) is 0.277. The van der Waals surface area contributed by atoms with E-state index in [9.17, 15) is 19.3 Å². The Bertz CT molecular complexity index is 445. The molecular formula is C10H10FNO4. The Kier molecular flexibility index (Phi) is 3.55. The van der Waals surface area contributed by atoms with Gasteiger partial charge in [0.2, 0.25) is 5.82 Å². The first-order valence-electron chi connectivity index (χ1n) is 4.46. The summed E-state index contributed by atoms with van der Waals surface area (Å²) < 4.78 is 17.7. The summed E-state index contributed by atoms with van der Waals surface area (Å²) in [6.45, 7) is 1.57. The highest BCUT2D eigenvalue weighted by atomic mass is 19.1. The van der Waals surface area contributed by atoms with Crippen LogP contribution in [0.15, 0.2) is 12.1 Å². The zero-order valence-electron chi connectivity index (χ0n) is 8.82. The van der Waals surface area contributed by atoms with Crippen LogP contribution in [0, 0.1) is 22.9 Å². The molecule has 0 aliphatic rings. The summed E-state index contributed by atoms with van der Waals surface area (Å²) in [6, 6.07) is 2.10. The lowest BCUT2D eigenvalue weighted by atomic mass is 10.0. The molecule has 16 heavy (non-hydrogen) atoms. The van der Waals surface area contributed by atoms with E-state index in [-0.39, 0.29) is 6.42 Å². The van der Waals surface area contributed by atoms with Crippen LogP contribution in [0.2, 0.25) is 0 Å². The molecule has 0 unspecified atom stereocenters. The predicted octanol–water partition coefficient (Wildman–Crippen LogP) is 1.76. The Labute approximate surface area is 91.0 Å². The van der Waals surface area contributed by atoms with Crippen LogP contribution in [0.3, 0.4) is 0 Å². The van der Waals surface area contributed by atoms with E-state index in [1.807, 2.05) is 0 Å². The monoisotopic (exact) mass is 227 g/mol. The highest BCUT2D eigenvalue weighted by Crippen LogP contribution is 2.22. The third kappa shape index (κ3) is 2.53. The molecular weight excluding hydrogens is 217 g/mol. The normalized spacial score (nSPS) is 9.94. The molecule has 0 spiro atoms. The van der Waals surface area contributed by atoms with Crippen molar-refractivity contribution in [3.05, 3.63) is 39.2 Å². The lowest BCUT2D eigenvalue weighted by molar-refractivity contribution is -0.387. The molecule has 0 aliphatic carbocycles. The van der Waals surface area contributed by atoms with Crippen LogP contribution in [-0.2, 0) is 16.0 Å². The Morgan fingerprint density at radius 1 is 1.56 bits per heavy atom. The molecule has 0 N–H and O–H groups in total. The zero-order chi connectivity index (χ0) is 12.3. The van der Waals surface area contributed by atoms with Crippen molar-refractivity contribution in [1.82, 2.24) is 0 Å². The smallest absolute Gasteiger partial charge is 0.309 e. The maximum atomic E-state index is 13.2. The number of ether oxygens (including phenoxy) is 1. The average molecular weight is 227 g/mol. The Balaban J connectivity index is 3.10. The summed E-state index contributed by atoms with van der Waals surface area (Å²) in [6.07, 6.45) is -0.1000. The van der Waals surface area contributed by atoms with Crippen LogP contribution in [0.4, 0.5) is 10.1 Å². The van der Waals surface area contributed by atoms with Crippen LogP contribution in [-0.4, -0.2) is 18.0 Å². The van der Waals surface area contributed by atoms with Crippen molar-refractivity contribution in [3.8, 4) is 0 Å². The molecule has 0 saturated carbocycles. The minimum absolute atomic E-state index is 0.1000. The van der Waals surface area contributed by atoms with Gasteiger partial charge in [0.05, 0.1) is 18.5 Å². The molecule has 0 atom stereocenters. The third-order valence-electron chi connectivity index (χ3n) is 2.16. The summed E-state index contributed by atoms with van der Waals surface area (Å²) in [5, 5.41) is 10.4. The predicted molar refractivity (Wildman–Crippen MR) is 53.5 cm³/mol. The van der Waals surface area contributed by atoms with E-state index < -0.39 is 22.4 Å². The number of hydrogen-bond acceptors (Lipinski definition) is 4. The maximum absolute atomic E-state index is 13.2. The number of benzene rings is 1. The molecule has 5 nitrogen and oxygen atoms in total. The molecule has 0 radical (unpaired) electrons. The van der Waals surface area contributed by atoms with Crippen molar-refractivity contribution in [2.45, 2.75) is 13.3 Å². The summed E-state index contributed by atoms with van der Waals surface area (Å²) >= 11 is 0. The van der Waals surface area contributed by atoms with E-state index >= 15 is 0 Å². The maximum Gasteiger partial charge on any atom is 0.309 e. The van der Waals surface area contributed by atoms with Gasteiger partial charge in [0.1, 0.15) is 0 Å². The number of nitro benzene ring substituents is 1.